The van der Waals surface area contributed by atoms with Gasteiger partial charge in [0, 0.05) is 51.5 Å². The zero-order chi connectivity index (χ0) is 21.6. The smallest absolute Gasteiger partial charge is 0.0576 e. The Bertz CT molecular complexity index is 1010. The summed E-state index contributed by atoms with van der Waals surface area (Å²) in [6.07, 6.45) is 2.22. The van der Waals surface area contributed by atoms with Crippen LogP contribution in [0.5, 0.6) is 0 Å². The van der Waals surface area contributed by atoms with E-state index in [1.807, 2.05) is 54.4 Å². The molecule has 0 saturated carbocycles. The van der Waals surface area contributed by atoms with Gasteiger partial charge in [-0.25, -0.2) is 4.31 Å². The van der Waals surface area contributed by atoms with Crippen molar-refractivity contribution in [2.24, 2.45) is 0 Å². The molecule has 1 aliphatic rings. The summed E-state index contributed by atoms with van der Waals surface area (Å²) in [6, 6.07) is 18.5. The van der Waals surface area contributed by atoms with Crippen LogP contribution in [0.3, 0.4) is 0 Å². The quantitative estimate of drug-likeness (QED) is 0.265. The van der Waals surface area contributed by atoms with Gasteiger partial charge in [0.2, 0.25) is 0 Å². The standard InChI is InChI=1S/C24H27ClN4S2/c1-17(18-6-8-19(25)9-7-18)27-15-21-14-22(16-30-21)31-29-12-10-20(11-13-29)28-24-5-3-2-4-23(24)26/h2-9,14,16,20,27-28H,1,10-13,15,26H2. The molecule has 4 rings (SSSR count). The average Bonchev–Trinajstić information content (AvgIpc) is 3.23. The fraction of sp³-hybridized carbons (Fsp3) is 0.250. The van der Waals surface area contributed by atoms with Gasteiger partial charge in [0.05, 0.1) is 11.4 Å². The summed E-state index contributed by atoms with van der Waals surface area (Å²) in [6.45, 7) is 7.03. The van der Waals surface area contributed by atoms with Gasteiger partial charge in [0.25, 0.3) is 0 Å². The first-order valence-corrected chi connectivity index (χ1v) is 12.4. The minimum Gasteiger partial charge on any atom is -0.397 e. The molecule has 0 aliphatic carbocycles. The first kappa shape index (κ1) is 22.1. The number of nitrogens with one attached hydrogen (secondary N) is 2. The van der Waals surface area contributed by atoms with Crippen LogP contribution in [-0.4, -0.2) is 23.4 Å². The molecule has 1 fully saturated rings. The molecule has 0 spiro atoms. The average molecular weight is 471 g/mol. The number of anilines is 2. The van der Waals surface area contributed by atoms with Crippen molar-refractivity contribution in [2.45, 2.75) is 30.3 Å². The van der Waals surface area contributed by atoms with Gasteiger partial charge in [0.15, 0.2) is 0 Å². The maximum atomic E-state index is 6.06. The van der Waals surface area contributed by atoms with E-state index < -0.39 is 0 Å². The third-order valence-corrected chi connectivity index (χ3v) is 7.72. The molecule has 3 aromatic rings. The molecular formula is C24H27ClN4S2. The molecule has 0 radical (unpaired) electrons. The van der Waals surface area contributed by atoms with Crippen molar-refractivity contribution >= 4 is 52.0 Å². The molecule has 0 bridgehead atoms. The largest absolute Gasteiger partial charge is 0.397 e. The number of hydrogen-bond donors (Lipinski definition) is 3. The SMILES string of the molecule is C=C(NCc1cc(SN2CCC(Nc3ccccc3N)CC2)cs1)c1ccc(Cl)cc1. The highest BCUT2D eigenvalue weighted by atomic mass is 35.5. The van der Waals surface area contributed by atoms with Crippen molar-refractivity contribution in [1.82, 2.24) is 9.62 Å². The lowest BCUT2D eigenvalue weighted by Gasteiger charge is -2.32. The number of halogens is 1. The Hall–Kier alpha value is -2.12. The molecule has 4 nitrogen and oxygen atoms in total. The maximum absolute atomic E-state index is 6.06. The molecule has 1 saturated heterocycles. The van der Waals surface area contributed by atoms with Crippen molar-refractivity contribution in [2.75, 3.05) is 24.1 Å². The van der Waals surface area contributed by atoms with Gasteiger partial charge in [-0.05, 0) is 60.7 Å². The maximum Gasteiger partial charge on any atom is 0.0576 e. The van der Waals surface area contributed by atoms with Gasteiger partial charge < -0.3 is 16.4 Å². The van der Waals surface area contributed by atoms with E-state index in [0.29, 0.717) is 6.04 Å². The number of nitrogen functional groups attached to an aromatic ring is 1. The van der Waals surface area contributed by atoms with Crippen LogP contribution in [0.2, 0.25) is 5.02 Å². The van der Waals surface area contributed by atoms with Gasteiger partial charge >= 0.3 is 0 Å². The van der Waals surface area contributed by atoms with Crippen molar-refractivity contribution in [3.63, 3.8) is 0 Å². The molecule has 2 heterocycles. The van der Waals surface area contributed by atoms with Crippen LogP contribution in [-0.2, 0) is 6.54 Å². The van der Waals surface area contributed by atoms with E-state index in [1.54, 1.807) is 11.3 Å². The summed E-state index contributed by atoms with van der Waals surface area (Å²) < 4.78 is 2.46. The number of rotatable bonds is 8. The van der Waals surface area contributed by atoms with E-state index in [2.05, 4.69) is 39.0 Å². The van der Waals surface area contributed by atoms with Crippen LogP contribution in [0.15, 0.2) is 71.5 Å². The number of para-hydroxylation sites is 2. The fourth-order valence-corrected chi connectivity index (χ4v) is 5.63. The zero-order valence-corrected chi connectivity index (χ0v) is 19.7. The van der Waals surface area contributed by atoms with E-state index >= 15 is 0 Å². The molecule has 31 heavy (non-hydrogen) atoms. The summed E-state index contributed by atoms with van der Waals surface area (Å²) >= 11 is 9.60. The summed E-state index contributed by atoms with van der Waals surface area (Å²) in [5.74, 6) is 0. The second kappa shape index (κ2) is 10.5. The predicted molar refractivity (Wildman–Crippen MR) is 137 cm³/mol. The number of benzene rings is 2. The van der Waals surface area contributed by atoms with E-state index in [1.165, 1.54) is 9.77 Å². The van der Waals surface area contributed by atoms with Gasteiger partial charge in [-0.1, -0.05) is 42.4 Å². The summed E-state index contributed by atoms with van der Waals surface area (Å²) in [4.78, 5) is 2.60. The molecule has 4 N–H and O–H groups in total. The lowest BCUT2D eigenvalue weighted by atomic mass is 10.1. The minimum absolute atomic E-state index is 0.475. The lowest BCUT2D eigenvalue weighted by molar-refractivity contribution is 0.358. The second-order valence-electron chi connectivity index (χ2n) is 7.61. The molecule has 0 amide bonds. The molecule has 2 aromatic carbocycles. The van der Waals surface area contributed by atoms with Gasteiger partial charge in [-0.15, -0.1) is 11.3 Å². The third kappa shape index (κ3) is 6.20. The topological polar surface area (TPSA) is 53.3 Å². The third-order valence-electron chi connectivity index (χ3n) is 5.31. The highest BCUT2D eigenvalue weighted by Gasteiger charge is 2.20. The number of nitrogens with two attached hydrogens (primary N) is 1. The Morgan fingerprint density at radius 2 is 1.90 bits per heavy atom. The Morgan fingerprint density at radius 1 is 1.16 bits per heavy atom. The molecule has 7 heteroatoms. The lowest BCUT2D eigenvalue weighted by Crippen LogP contribution is -2.35. The van der Waals surface area contributed by atoms with Crippen LogP contribution in [0.1, 0.15) is 23.3 Å². The van der Waals surface area contributed by atoms with E-state index in [-0.39, 0.29) is 0 Å². The van der Waals surface area contributed by atoms with E-state index in [0.717, 1.165) is 60.1 Å². The Kier molecular flexibility index (Phi) is 7.45. The van der Waals surface area contributed by atoms with E-state index in [9.17, 15) is 0 Å². The van der Waals surface area contributed by atoms with Crippen molar-refractivity contribution in [1.29, 1.82) is 0 Å². The number of piperidine rings is 1. The van der Waals surface area contributed by atoms with Crippen LogP contribution in [0.4, 0.5) is 11.4 Å². The van der Waals surface area contributed by atoms with E-state index in [4.69, 9.17) is 17.3 Å². The molecule has 162 valence electrons. The number of nitrogens with zero attached hydrogens (tertiary/aromatic N) is 1. The monoisotopic (exact) mass is 470 g/mol. The second-order valence-corrected chi connectivity index (χ2v) is 10.2. The highest BCUT2D eigenvalue weighted by molar-refractivity contribution is 7.97. The Labute approximate surface area is 197 Å². The highest BCUT2D eigenvalue weighted by Crippen LogP contribution is 2.31. The van der Waals surface area contributed by atoms with Crippen LogP contribution in [0.25, 0.3) is 5.70 Å². The van der Waals surface area contributed by atoms with Gasteiger partial charge in [0.1, 0.15) is 0 Å². The van der Waals surface area contributed by atoms with Gasteiger partial charge in [-0.2, -0.15) is 0 Å². The molecule has 1 aliphatic heterocycles. The Balaban J connectivity index is 1.22. The van der Waals surface area contributed by atoms with Crippen LogP contribution in [0, 0.1) is 0 Å². The first-order valence-electron chi connectivity index (χ1n) is 10.4. The first-order chi connectivity index (χ1) is 15.1. The van der Waals surface area contributed by atoms with Gasteiger partial charge in [-0.3, -0.25) is 0 Å². The zero-order valence-electron chi connectivity index (χ0n) is 17.3. The molecule has 0 atom stereocenters. The summed E-state index contributed by atoms with van der Waals surface area (Å²) in [7, 11) is 0. The summed E-state index contributed by atoms with van der Waals surface area (Å²) in [5.41, 5.74) is 9.89. The summed E-state index contributed by atoms with van der Waals surface area (Å²) in [5, 5.41) is 9.99. The number of hydrogen-bond acceptors (Lipinski definition) is 6. The van der Waals surface area contributed by atoms with Crippen LogP contribution >= 0.6 is 34.9 Å². The predicted octanol–water partition coefficient (Wildman–Crippen LogP) is 6.33. The molecular weight excluding hydrogens is 444 g/mol. The van der Waals surface area contributed by atoms with Crippen molar-refractivity contribution < 1.29 is 0 Å². The fourth-order valence-electron chi connectivity index (χ4n) is 3.54. The Morgan fingerprint density at radius 3 is 2.65 bits per heavy atom. The molecule has 0 unspecified atom stereocenters. The minimum atomic E-state index is 0.475. The van der Waals surface area contributed by atoms with Crippen molar-refractivity contribution in [3.8, 4) is 0 Å². The van der Waals surface area contributed by atoms with Crippen molar-refractivity contribution in [3.05, 3.63) is 82.0 Å². The molecule has 1 aromatic heterocycles. The van der Waals surface area contributed by atoms with Crippen LogP contribution < -0.4 is 16.4 Å². The number of thiophene rings is 1. The normalized spacial score (nSPS) is 15.0.